The first-order chi connectivity index (χ1) is 9.20. The Morgan fingerprint density at radius 1 is 1.45 bits per heavy atom. The molecule has 0 fully saturated rings. The van der Waals surface area contributed by atoms with E-state index in [1.807, 2.05) is 0 Å². The highest BCUT2D eigenvalue weighted by molar-refractivity contribution is 7.89. The third kappa shape index (κ3) is 3.76. The SMILES string of the molecule is CC(CC(N)=NO)N(C)S(=O)(=O)c1ccc(Cl)c(Cl)c1. The van der Waals surface area contributed by atoms with Crippen LogP contribution in [0.15, 0.2) is 28.3 Å². The summed E-state index contributed by atoms with van der Waals surface area (Å²) in [5, 5.41) is 11.8. The highest BCUT2D eigenvalue weighted by atomic mass is 35.5. The molecule has 0 saturated carbocycles. The molecular formula is C11H15Cl2N3O3S. The Labute approximate surface area is 127 Å². The van der Waals surface area contributed by atoms with Gasteiger partial charge in [0.2, 0.25) is 10.0 Å². The average Bonchev–Trinajstić information content (AvgIpc) is 2.40. The number of rotatable bonds is 5. The van der Waals surface area contributed by atoms with Gasteiger partial charge in [-0.15, -0.1) is 0 Å². The van der Waals surface area contributed by atoms with Crippen molar-refractivity contribution in [2.75, 3.05) is 7.05 Å². The average molecular weight is 340 g/mol. The van der Waals surface area contributed by atoms with Crippen LogP contribution in [0, 0.1) is 0 Å². The summed E-state index contributed by atoms with van der Waals surface area (Å²) in [5.74, 6) is -0.0475. The Morgan fingerprint density at radius 2 is 2.05 bits per heavy atom. The highest BCUT2D eigenvalue weighted by Crippen LogP contribution is 2.27. The van der Waals surface area contributed by atoms with Crippen LogP contribution < -0.4 is 5.73 Å². The first-order valence-electron chi connectivity index (χ1n) is 5.59. The number of nitrogens with zero attached hydrogens (tertiary/aromatic N) is 2. The number of sulfonamides is 1. The first kappa shape index (κ1) is 17.0. The van der Waals surface area contributed by atoms with Gasteiger partial charge in [-0.25, -0.2) is 8.42 Å². The van der Waals surface area contributed by atoms with Crippen LogP contribution in [-0.4, -0.2) is 36.9 Å². The number of halogens is 2. The van der Waals surface area contributed by atoms with Crippen molar-refractivity contribution in [1.82, 2.24) is 4.31 Å². The fraction of sp³-hybridized carbons (Fsp3) is 0.364. The fourth-order valence-electron chi connectivity index (χ4n) is 1.51. The monoisotopic (exact) mass is 339 g/mol. The van der Waals surface area contributed by atoms with E-state index in [-0.39, 0.29) is 27.2 Å². The van der Waals surface area contributed by atoms with Gasteiger partial charge in [0, 0.05) is 19.5 Å². The normalized spacial score (nSPS) is 14.6. The van der Waals surface area contributed by atoms with Crippen molar-refractivity contribution in [3.05, 3.63) is 28.2 Å². The van der Waals surface area contributed by atoms with Gasteiger partial charge in [-0.3, -0.25) is 0 Å². The summed E-state index contributed by atoms with van der Waals surface area (Å²) >= 11 is 11.6. The predicted octanol–water partition coefficient (Wildman–Crippen LogP) is 2.14. The van der Waals surface area contributed by atoms with Crippen molar-refractivity contribution >= 4 is 39.1 Å². The summed E-state index contributed by atoms with van der Waals surface area (Å²) in [7, 11) is -2.32. The third-order valence-corrected chi connectivity index (χ3v) is 5.53. The van der Waals surface area contributed by atoms with Gasteiger partial charge in [-0.1, -0.05) is 28.4 Å². The van der Waals surface area contributed by atoms with E-state index in [4.69, 9.17) is 34.1 Å². The van der Waals surface area contributed by atoms with Crippen molar-refractivity contribution < 1.29 is 13.6 Å². The van der Waals surface area contributed by atoms with Crippen LogP contribution in [0.4, 0.5) is 0 Å². The van der Waals surface area contributed by atoms with E-state index in [9.17, 15) is 8.42 Å². The quantitative estimate of drug-likeness (QED) is 0.371. The van der Waals surface area contributed by atoms with Crippen molar-refractivity contribution in [3.63, 3.8) is 0 Å². The maximum absolute atomic E-state index is 12.4. The molecule has 0 aliphatic heterocycles. The lowest BCUT2D eigenvalue weighted by Gasteiger charge is -2.24. The van der Waals surface area contributed by atoms with Gasteiger partial charge in [0.25, 0.3) is 0 Å². The molecule has 0 aliphatic rings. The summed E-state index contributed by atoms with van der Waals surface area (Å²) < 4.78 is 25.9. The first-order valence-corrected chi connectivity index (χ1v) is 7.79. The van der Waals surface area contributed by atoms with Gasteiger partial charge in [-0.05, 0) is 25.1 Å². The molecule has 0 aliphatic carbocycles. The van der Waals surface area contributed by atoms with E-state index >= 15 is 0 Å². The van der Waals surface area contributed by atoms with Crippen molar-refractivity contribution in [2.45, 2.75) is 24.3 Å². The van der Waals surface area contributed by atoms with Crippen LogP contribution in [0.25, 0.3) is 0 Å². The maximum Gasteiger partial charge on any atom is 0.243 e. The molecule has 0 bridgehead atoms. The van der Waals surface area contributed by atoms with Crippen LogP contribution >= 0.6 is 23.2 Å². The van der Waals surface area contributed by atoms with Crippen LogP contribution in [0.1, 0.15) is 13.3 Å². The molecule has 1 aromatic carbocycles. The van der Waals surface area contributed by atoms with E-state index in [0.717, 1.165) is 4.31 Å². The highest BCUT2D eigenvalue weighted by Gasteiger charge is 2.26. The van der Waals surface area contributed by atoms with Crippen molar-refractivity contribution in [1.29, 1.82) is 0 Å². The van der Waals surface area contributed by atoms with Gasteiger partial charge in [-0.2, -0.15) is 4.31 Å². The smallest absolute Gasteiger partial charge is 0.243 e. The molecule has 0 spiro atoms. The Balaban J connectivity index is 3.06. The molecule has 3 N–H and O–H groups in total. The van der Waals surface area contributed by atoms with Crippen molar-refractivity contribution in [3.8, 4) is 0 Å². The molecule has 20 heavy (non-hydrogen) atoms. The molecule has 1 unspecified atom stereocenters. The fourth-order valence-corrected chi connectivity index (χ4v) is 3.26. The molecule has 112 valence electrons. The second kappa shape index (κ2) is 6.62. The third-order valence-electron chi connectivity index (χ3n) is 2.82. The van der Waals surface area contributed by atoms with Crippen molar-refractivity contribution in [2.24, 2.45) is 10.9 Å². The van der Waals surface area contributed by atoms with Crippen LogP contribution in [0.3, 0.4) is 0 Å². The zero-order valence-corrected chi connectivity index (χ0v) is 13.2. The molecule has 9 heteroatoms. The lowest BCUT2D eigenvalue weighted by Crippen LogP contribution is -2.37. The number of hydrogen-bond acceptors (Lipinski definition) is 4. The molecule has 0 radical (unpaired) electrons. The molecule has 1 rings (SSSR count). The minimum Gasteiger partial charge on any atom is -0.409 e. The van der Waals surface area contributed by atoms with Gasteiger partial charge in [0.05, 0.1) is 14.9 Å². The summed E-state index contributed by atoms with van der Waals surface area (Å²) in [5.41, 5.74) is 5.38. The molecule has 6 nitrogen and oxygen atoms in total. The summed E-state index contributed by atoms with van der Waals surface area (Å²) in [4.78, 5) is 0.0285. The van der Waals surface area contributed by atoms with Crippen LogP contribution in [0.5, 0.6) is 0 Å². The maximum atomic E-state index is 12.4. The van der Waals surface area contributed by atoms with Gasteiger partial charge < -0.3 is 10.9 Å². The standard InChI is InChI=1S/C11H15Cl2N3O3S/c1-7(5-11(14)15-17)16(2)20(18,19)8-3-4-9(12)10(13)6-8/h3-4,6-7,17H,5H2,1-2H3,(H2,14,15). The molecule has 0 amide bonds. The number of nitrogens with two attached hydrogens (primary N) is 1. The van der Waals surface area contributed by atoms with E-state index in [0.29, 0.717) is 0 Å². The zero-order chi connectivity index (χ0) is 15.5. The summed E-state index contributed by atoms with van der Waals surface area (Å²) in [6.45, 7) is 1.65. The van der Waals surface area contributed by atoms with E-state index < -0.39 is 16.1 Å². The topological polar surface area (TPSA) is 96.0 Å². The van der Waals surface area contributed by atoms with Gasteiger partial charge >= 0.3 is 0 Å². The van der Waals surface area contributed by atoms with Gasteiger partial charge in [0.1, 0.15) is 5.84 Å². The second-order valence-corrected chi connectivity index (χ2v) is 7.05. The van der Waals surface area contributed by atoms with Gasteiger partial charge in [0.15, 0.2) is 0 Å². The molecule has 0 aromatic heterocycles. The second-order valence-electron chi connectivity index (χ2n) is 4.24. The zero-order valence-electron chi connectivity index (χ0n) is 10.9. The Kier molecular flexibility index (Phi) is 5.64. The largest absolute Gasteiger partial charge is 0.409 e. The summed E-state index contributed by atoms with van der Waals surface area (Å²) in [6.07, 6.45) is 0.105. The van der Waals surface area contributed by atoms with E-state index in [2.05, 4.69) is 5.16 Å². The lowest BCUT2D eigenvalue weighted by atomic mass is 10.2. The number of hydrogen-bond donors (Lipinski definition) is 2. The van der Waals surface area contributed by atoms with Crippen LogP contribution in [-0.2, 0) is 10.0 Å². The predicted molar refractivity (Wildman–Crippen MR) is 78.9 cm³/mol. The molecular weight excluding hydrogens is 325 g/mol. The number of amidine groups is 1. The number of benzene rings is 1. The minimum atomic E-state index is -3.73. The molecule has 1 atom stereocenters. The molecule has 1 aromatic rings. The minimum absolute atomic E-state index is 0.0285. The lowest BCUT2D eigenvalue weighted by molar-refractivity contribution is 0.313. The Hall–Kier alpha value is -1.02. The van der Waals surface area contributed by atoms with E-state index in [1.165, 1.54) is 25.2 Å². The molecule has 0 saturated heterocycles. The Morgan fingerprint density at radius 3 is 2.55 bits per heavy atom. The van der Waals surface area contributed by atoms with E-state index in [1.54, 1.807) is 6.92 Å². The molecule has 0 heterocycles. The summed E-state index contributed by atoms with van der Waals surface area (Å²) in [6, 6.07) is 3.59. The number of oxime groups is 1. The van der Waals surface area contributed by atoms with Crippen LogP contribution in [0.2, 0.25) is 10.0 Å². The Bertz CT molecular complexity index is 619.